The van der Waals surface area contributed by atoms with Crippen molar-refractivity contribution in [2.75, 3.05) is 23.3 Å². The normalized spacial score (nSPS) is 14.1. The highest BCUT2D eigenvalue weighted by molar-refractivity contribution is 14.1. The molecular formula is C17H15Cl2IN2O. The van der Waals surface area contributed by atoms with Gasteiger partial charge in [0, 0.05) is 22.3 Å². The van der Waals surface area contributed by atoms with Crippen LogP contribution in [0.25, 0.3) is 0 Å². The molecule has 1 saturated heterocycles. The number of hydrogen-bond donors (Lipinski definition) is 1. The van der Waals surface area contributed by atoms with Crippen LogP contribution in [0, 0.1) is 3.57 Å². The van der Waals surface area contributed by atoms with Crippen molar-refractivity contribution in [2.24, 2.45) is 0 Å². The summed E-state index contributed by atoms with van der Waals surface area (Å²) in [5.74, 6) is -0.237. The predicted octanol–water partition coefficient (Wildman–Crippen LogP) is 5.45. The van der Waals surface area contributed by atoms with Crippen molar-refractivity contribution in [2.45, 2.75) is 12.8 Å². The van der Waals surface area contributed by atoms with Gasteiger partial charge in [-0.15, -0.1) is 0 Å². The van der Waals surface area contributed by atoms with Crippen LogP contribution in [0.1, 0.15) is 23.2 Å². The molecule has 0 bridgehead atoms. The lowest BCUT2D eigenvalue weighted by molar-refractivity contribution is 0.102. The van der Waals surface area contributed by atoms with Gasteiger partial charge in [-0.3, -0.25) is 4.79 Å². The summed E-state index contributed by atoms with van der Waals surface area (Å²) >= 11 is 14.6. The van der Waals surface area contributed by atoms with Crippen molar-refractivity contribution in [1.29, 1.82) is 0 Å². The maximum absolute atomic E-state index is 12.4. The number of benzene rings is 2. The average molecular weight is 461 g/mol. The fraction of sp³-hybridized carbons (Fsp3) is 0.235. The fourth-order valence-electron chi connectivity index (χ4n) is 2.67. The Morgan fingerprint density at radius 2 is 1.78 bits per heavy atom. The Morgan fingerprint density at radius 1 is 1.04 bits per heavy atom. The SMILES string of the molecule is O=C(Nc1ccc(N2CCCC2)c(Cl)c1)c1cc(I)ccc1Cl. The summed E-state index contributed by atoms with van der Waals surface area (Å²) in [6.45, 7) is 2.06. The van der Waals surface area contributed by atoms with Gasteiger partial charge in [0.2, 0.25) is 0 Å². The molecule has 0 aromatic heterocycles. The number of halogens is 3. The Balaban J connectivity index is 1.78. The molecule has 1 fully saturated rings. The van der Waals surface area contributed by atoms with Crippen LogP contribution in [0.3, 0.4) is 0 Å². The number of nitrogens with one attached hydrogen (secondary N) is 1. The van der Waals surface area contributed by atoms with Crippen molar-refractivity contribution < 1.29 is 4.79 Å². The van der Waals surface area contributed by atoms with E-state index >= 15 is 0 Å². The highest BCUT2D eigenvalue weighted by atomic mass is 127. The monoisotopic (exact) mass is 460 g/mol. The molecule has 0 unspecified atom stereocenters. The van der Waals surface area contributed by atoms with Crippen molar-refractivity contribution in [3.05, 3.63) is 55.6 Å². The third-order valence-electron chi connectivity index (χ3n) is 3.83. The molecule has 0 aliphatic carbocycles. The number of hydrogen-bond acceptors (Lipinski definition) is 2. The second-order valence-electron chi connectivity index (χ2n) is 5.44. The molecule has 0 spiro atoms. The second-order valence-corrected chi connectivity index (χ2v) is 7.50. The molecule has 1 aliphatic heterocycles. The molecule has 23 heavy (non-hydrogen) atoms. The first kappa shape index (κ1) is 16.9. The Bertz CT molecular complexity index is 745. The molecule has 0 saturated carbocycles. The van der Waals surface area contributed by atoms with Crippen LogP contribution in [-0.2, 0) is 0 Å². The molecule has 0 radical (unpaired) electrons. The zero-order valence-electron chi connectivity index (χ0n) is 12.3. The number of rotatable bonds is 3. The van der Waals surface area contributed by atoms with Gasteiger partial charge >= 0.3 is 0 Å². The number of carbonyl (C=O) groups excluding carboxylic acids is 1. The summed E-state index contributed by atoms with van der Waals surface area (Å²) in [6.07, 6.45) is 2.39. The van der Waals surface area contributed by atoms with Gasteiger partial charge in [-0.2, -0.15) is 0 Å². The zero-order valence-corrected chi connectivity index (χ0v) is 16.0. The average Bonchev–Trinajstić information content (AvgIpc) is 3.04. The lowest BCUT2D eigenvalue weighted by Gasteiger charge is -2.19. The van der Waals surface area contributed by atoms with E-state index in [2.05, 4.69) is 32.8 Å². The molecule has 1 amide bonds. The number of amides is 1. The van der Waals surface area contributed by atoms with Gasteiger partial charge in [0.15, 0.2) is 0 Å². The van der Waals surface area contributed by atoms with Gasteiger partial charge in [0.25, 0.3) is 5.91 Å². The van der Waals surface area contributed by atoms with E-state index in [1.54, 1.807) is 18.2 Å². The maximum atomic E-state index is 12.4. The first-order valence-corrected chi connectivity index (χ1v) is 9.19. The first-order valence-electron chi connectivity index (χ1n) is 7.35. The van der Waals surface area contributed by atoms with Crippen LogP contribution in [0.15, 0.2) is 36.4 Å². The minimum atomic E-state index is -0.237. The third kappa shape index (κ3) is 3.92. The Kier molecular flexibility index (Phi) is 5.34. The maximum Gasteiger partial charge on any atom is 0.257 e. The van der Waals surface area contributed by atoms with Gasteiger partial charge in [-0.25, -0.2) is 0 Å². The molecule has 1 aliphatic rings. The first-order chi connectivity index (χ1) is 11.0. The van der Waals surface area contributed by atoms with Crippen molar-refractivity contribution in [1.82, 2.24) is 0 Å². The van der Waals surface area contributed by atoms with Crippen molar-refractivity contribution in [3.8, 4) is 0 Å². The fourth-order valence-corrected chi connectivity index (χ4v) is 3.66. The highest BCUT2D eigenvalue weighted by Crippen LogP contribution is 2.31. The van der Waals surface area contributed by atoms with Gasteiger partial charge in [-0.1, -0.05) is 23.2 Å². The zero-order chi connectivity index (χ0) is 16.4. The van der Waals surface area contributed by atoms with E-state index in [1.165, 1.54) is 12.8 Å². The highest BCUT2D eigenvalue weighted by Gasteiger charge is 2.16. The minimum absolute atomic E-state index is 0.237. The Morgan fingerprint density at radius 3 is 2.48 bits per heavy atom. The van der Waals surface area contributed by atoms with E-state index in [9.17, 15) is 4.79 Å². The quantitative estimate of drug-likeness (QED) is 0.617. The Labute approximate surface area is 159 Å². The van der Waals surface area contributed by atoms with Crippen molar-refractivity contribution in [3.63, 3.8) is 0 Å². The van der Waals surface area contributed by atoms with Crippen LogP contribution in [-0.4, -0.2) is 19.0 Å². The second kappa shape index (κ2) is 7.28. The van der Waals surface area contributed by atoms with E-state index in [1.807, 2.05) is 18.2 Å². The Hall–Kier alpha value is -0.980. The topological polar surface area (TPSA) is 32.3 Å². The van der Waals surface area contributed by atoms with E-state index < -0.39 is 0 Å². The van der Waals surface area contributed by atoms with Crippen LogP contribution in [0.4, 0.5) is 11.4 Å². The van der Waals surface area contributed by atoms with Crippen LogP contribution in [0.2, 0.25) is 10.0 Å². The summed E-state index contributed by atoms with van der Waals surface area (Å²) in [4.78, 5) is 14.7. The van der Waals surface area contributed by atoms with E-state index in [0.29, 0.717) is 21.3 Å². The molecular weight excluding hydrogens is 446 g/mol. The van der Waals surface area contributed by atoms with Crippen LogP contribution < -0.4 is 10.2 Å². The van der Waals surface area contributed by atoms with Gasteiger partial charge < -0.3 is 10.2 Å². The predicted molar refractivity (Wildman–Crippen MR) is 105 cm³/mol. The molecule has 0 atom stereocenters. The molecule has 3 nitrogen and oxygen atoms in total. The number of nitrogens with zero attached hydrogens (tertiary/aromatic N) is 1. The van der Waals surface area contributed by atoms with Crippen LogP contribution in [0.5, 0.6) is 0 Å². The molecule has 2 aromatic carbocycles. The molecule has 2 aromatic rings. The lowest BCUT2D eigenvalue weighted by atomic mass is 10.2. The van der Waals surface area contributed by atoms with Gasteiger partial charge in [-0.05, 0) is 71.8 Å². The van der Waals surface area contributed by atoms with Crippen molar-refractivity contribution >= 4 is 63.1 Å². The summed E-state index contributed by atoms with van der Waals surface area (Å²) in [5, 5.41) is 3.94. The third-order valence-corrected chi connectivity index (χ3v) is 5.13. The van der Waals surface area contributed by atoms with E-state index in [4.69, 9.17) is 23.2 Å². The number of carbonyl (C=O) groups is 1. The summed E-state index contributed by atoms with van der Waals surface area (Å²) in [7, 11) is 0. The molecule has 3 rings (SSSR count). The largest absolute Gasteiger partial charge is 0.370 e. The summed E-state index contributed by atoms with van der Waals surface area (Å²) in [6, 6.07) is 11.0. The van der Waals surface area contributed by atoms with Crippen LogP contribution >= 0.6 is 45.8 Å². The molecule has 120 valence electrons. The van der Waals surface area contributed by atoms with E-state index in [-0.39, 0.29) is 5.91 Å². The molecule has 1 N–H and O–H groups in total. The standard InChI is InChI=1S/C17H15Cl2IN2O/c18-14-5-3-11(20)9-13(14)17(23)21-12-4-6-16(15(19)10-12)22-7-1-2-8-22/h3-6,9-10H,1-2,7-8H2,(H,21,23). The lowest BCUT2D eigenvalue weighted by Crippen LogP contribution is -2.18. The minimum Gasteiger partial charge on any atom is -0.370 e. The molecule has 6 heteroatoms. The summed E-state index contributed by atoms with van der Waals surface area (Å²) < 4.78 is 0.958. The molecule has 1 heterocycles. The summed E-state index contributed by atoms with van der Waals surface area (Å²) in [5.41, 5.74) is 2.14. The smallest absolute Gasteiger partial charge is 0.257 e. The van der Waals surface area contributed by atoms with Gasteiger partial charge in [0.05, 0.1) is 21.3 Å². The van der Waals surface area contributed by atoms with Gasteiger partial charge in [0.1, 0.15) is 0 Å². The number of anilines is 2. The van der Waals surface area contributed by atoms with E-state index in [0.717, 1.165) is 22.3 Å².